The maximum Gasteiger partial charge on any atom is 0.351 e. The van der Waals surface area contributed by atoms with Crippen LogP contribution in [0.3, 0.4) is 0 Å². The Labute approximate surface area is 170 Å². The normalized spacial score (nSPS) is 27.7. The summed E-state index contributed by atoms with van der Waals surface area (Å²) in [5.74, 6) is -2.55. The minimum absolute atomic E-state index is 0.103. The third-order valence-electron chi connectivity index (χ3n) is 4.77. The number of nitrogens with zero attached hydrogens (tertiary/aromatic N) is 2. The summed E-state index contributed by atoms with van der Waals surface area (Å²) in [7, 11) is 0. The first-order valence-corrected chi connectivity index (χ1v) is 9.24. The molecular formula is C18H21N3O9. The van der Waals surface area contributed by atoms with Crippen LogP contribution in [0.25, 0.3) is 0 Å². The highest BCUT2D eigenvalue weighted by Gasteiger charge is 2.51. The Bertz CT molecular complexity index is 912. The van der Waals surface area contributed by atoms with Gasteiger partial charge in [-0.2, -0.15) is 4.98 Å². The van der Waals surface area contributed by atoms with Gasteiger partial charge in [-0.3, -0.25) is 20.0 Å². The van der Waals surface area contributed by atoms with Crippen molar-refractivity contribution in [2.45, 2.75) is 44.8 Å². The Morgan fingerprint density at radius 3 is 2.53 bits per heavy atom. The minimum Gasteiger partial charge on any atom is -0.463 e. The maximum atomic E-state index is 12.3. The fraction of sp³-hybridized carbons (Fsp3) is 0.500. The van der Waals surface area contributed by atoms with Gasteiger partial charge in [0.2, 0.25) is 0 Å². The molecular weight excluding hydrogens is 402 g/mol. The molecule has 0 spiro atoms. The second-order valence-corrected chi connectivity index (χ2v) is 6.76. The number of hydrogen-bond acceptors (Lipinski definition) is 11. The van der Waals surface area contributed by atoms with Crippen molar-refractivity contribution in [1.29, 1.82) is 0 Å². The predicted octanol–water partition coefficient (Wildman–Crippen LogP) is -0.0755. The number of carbonyl (C=O) groups is 3. The van der Waals surface area contributed by atoms with Crippen molar-refractivity contribution < 1.29 is 38.5 Å². The first-order chi connectivity index (χ1) is 14.3. The van der Waals surface area contributed by atoms with Crippen molar-refractivity contribution in [3.05, 3.63) is 34.9 Å². The molecule has 2 aliphatic heterocycles. The Hall–Kier alpha value is -3.25. The van der Waals surface area contributed by atoms with Gasteiger partial charge in [-0.1, -0.05) is 13.8 Å². The summed E-state index contributed by atoms with van der Waals surface area (Å²) >= 11 is 0. The van der Waals surface area contributed by atoms with Gasteiger partial charge in [0.15, 0.2) is 24.3 Å². The topological polar surface area (TPSA) is 155 Å². The van der Waals surface area contributed by atoms with Crippen molar-refractivity contribution in [2.75, 3.05) is 12.1 Å². The number of carbonyl (C=O) groups excluding carboxylic acids is 3. The number of ether oxygens (including phenoxy) is 4. The van der Waals surface area contributed by atoms with Crippen molar-refractivity contribution >= 4 is 23.7 Å². The van der Waals surface area contributed by atoms with Crippen LogP contribution in [0, 0.1) is 5.92 Å². The smallest absolute Gasteiger partial charge is 0.351 e. The zero-order valence-electron chi connectivity index (χ0n) is 16.2. The Morgan fingerprint density at radius 1 is 1.27 bits per heavy atom. The van der Waals surface area contributed by atoms with Gasteiger partial charge in [-0.15, -0.1) is 0 Å². The van der Waals surface area contributed by atoms with E-state index in [0.717, 1.165) is 16.7 Å². The minimum atomic E-state index is -1.21. The van der Waals surface area contributed by atoms with Crippen molar-refractivity contribution in [2.24, 2.45) is 5.92 Å². The highest BCUT2D eigenvalue weighted by Crippen LogP contribution is 2.34. The molecule has 5 atom stereocenters. The monoisotopic (exact) mass is 423 g/mol. The van der Waals surface area contributed by atoms with Gasteiger partial charge < -0.3 is 18.9 Å². The number of nitrogens with one attached hydrogen (secondary N) is 1. The zero-order valence-corrected chi connectivity index (χ0v) is 16.2. The van der Waals surface area contributed by atoms with E-state index in [1.54, 1.807) is 12.4 Å². The Balaban J connectivity index is 1.90. The molecule has 1 fully saturated rings. The molecule has 0 saturated carbocycles. The van der Waals surface area contributed by atoms with Crippen LogP contribution in [0.5, 0.6) is 0 Å². The lowest BCUT2D eigenvalue weighted by molar-refractivity contribution is -0.165. The first kappa shape index (κ1) is 21.5. The van der Waals surface area contributed by atoms with Gasteiger partial charge in [-0.05, 0) is 12.5 Å². The summed E-state index contributed by atoms with van der Waals surface area (Å²) < 4.78 is 22.7. The molecule has 1 aromatic rings. The van der Waals surface area contributed by atoms with Crippen LogP contribution in [0.2, 0.25) is 0 Å². The lowest BCUT2D eigenvalue weighted by Gasteiger charge is -2.25. The fourth-order valence-corrected chi connectivity index (χ4v) is 2.96. The molecule has 3 heterocycles. The van der Waals surface area contributed by atoms with Crippen LogP contribution >= 0.6 is 0 Å². The molecule has 0 amide bonds. The standard InChI is InChI=1S/C18H21N3O9/c1-3-9(2)17(24)27-8-10-14-15(30-13(23)5-4-12(22)29-14)16(28-10)21-7-6-11(20-26)19-18(21)25/h4-7,9-10,14-16,26H,3,8H2,1-2H3,(H,19,20,25)/b5-4-/t9?,10-,14?,15-,16-/m1/s1. The third-order valence-corrected chi connectivity index (χ3v) is 4.77. The lowest BCUT2D eigenvalue weighted by Crippen LogP contribution is -2.43. The maximum absolute atomic E-state index is 12.3. The summed E-state index contributed by atoms with van der Waals surface area (Å²) in [6.45, 7) is 3.25. The molecule has 2 unspecified atom stereocenters. The molecule has 30 heavy (non-hydrogen) atoms. The summed E-state index contributed by atoms with van der Waals surface area (Å²) in [5.41, 5.74) is 0.920. The molecule has 2 N–H and O–H groups in total. The number of esters is 3. The number of aromatic nitrogens is 2. The Morgan fingerprint density at radius 2 is 1.93 bits per heavy atom. The van der Waals surface area contributed by atoms with E-state index < -0.39 is 48.1 Å². The van der Waals surface area contributed by atoms with Crippen LogP contribution in [-0.2, 0) is 33.3 Å². The van der Waals surface area contributed by atoms with Crippen LogP contribution in [0.15, 0.2) is 29.2 Å². The Kier molecular flexibility index (Phi) is 6.47. The molecule has 0 aromatic carbocycles. The molecule has 12 heteroatoms. The average Bonchev–Trinajstić information content (AvgIpc) is 3.04. The van der Waals surface area contributed by atoms with Crippen molar-refractivity contribution in [3.8, 4) is 0 Å². The summed E-state index contributed by atoms with van der Waals surface area (Å²) in [4.78, 5) is 51.9. The molecule has 1 saturated heterocycles. The van der Waals surface area contributed by atoms with E-state index in [2.05, 4.69) is 4.98 Å². The quantitative estimate of drug-likeness (QED) is 0.359. The fourth-order valence-electron chi connectivity index (χ4n) is 2.96. The highest BCUT2D eigenvalue weighted by atomic mass is 16.7. The second kappa shape index (κ2) is 9.05. The van der Waals surface area contributed by atoms with Gasteiger partial charge in [-0.25, -0.2) is 14.4 Å². The average molecular weight is 423 g/mol. The van der Waals surface area contributed by atoms with E-state index >= 15 is 0 Å². The van der Waals surface area contributed by atoms with E-state index in [4.69, 9.17) is 24.2 Å². The van der Waals surface area contributed by atoms with Crippen LogP contribution < -0.4 is 11.2 Å². The summed E-state index contributed by atoms with van der Waals surface area (Å²) in [6, 6.07) is 1.28. The molecule has 0 aliphatic carbocycles. The molecule has 12 nitrogen and oxygen atoms in total. The van der Waals surface area contributed by atoms with Gasteiger partial charge >= 0.3 is 23.6 Å². The highest BCUT2D eigenvalue weighted by molar-refractivity contribution is 5.92. The number of anilines is 1. The third kappa shape index (κ3) is 4.49. The SMILES string of the molecule is CCC(C)C(=O)OC[C@H]1O[C@@H](n2ccc(NO)nc2=O)[C@@H]2OC(=O)/C=C\C(=O)OC21. The number of fused-ring (bicyclic) bond motifs is 1. The molecule has 2 aliphatic rings. The van der Waals surface area contributed by atoms with E-state index in [1.165, 1.54) is 12.3 Å². The van der Waals surface area contributed by atoms with Crippen molar-refractivity contribution in [1.82, 2.24) is 9.55 Å². The molecule has 1 aromatic heterocycles. The van der Waals surface area contributed by atoms with E-state index in [9.17, 15) is 19.2 Å². The number of hydrogen-bond donors (Lipinski definition) is 2. The number of rotatable bonds is 6. The van der Waals surface area contributed by atoms with Crippen LogP contribution in [-0.4, -0.2) is 57.6 Å². The van der Waals surface area contributed by atoms with Gasteiger partial charge in [0, 0.05) is 18.3 Å². The van der Waals surface area contributed by atoms with Crippen LogP contribution in [0.1, 0.15) is 26.5 Å². The van der Waals surface area contributed by atoms with Crippen LogP contribution in [0.4, 0.5) is 5.82 Å². The largest absolute Gasteiger partial charge is 0.463 e. The molecule has 0 bridgehead atoms. The predicted molar refractivity (Wildman–Crippen MR) is 97.1 cm³/mol. The van der Waals surface area contributed by atoms with Gasteiger partial charge in [0.05, 0.1) is 5.92 Å². The van der Waals surface area contributed by atoms with Gasteiger partial charge in [0.1, 0.15) is 12.7 Å². The lowest BCUT2D eigenvalue weighted by atomic mass is 10.1. The van der Waals surface area contributed by atoms with Crippen molar-refractivity contribution in [3.63, 3.8) is 0 Å². The van der Waals surface area contributed by atoms with E-state index in [1.807, 2.05) is 6.92 Å². The molecule has 162 valence electrons. The zero-order chi connectivity index (χ0) is 21.8. The van der Waals surface area contributed by atoms with Gasteiger partial charge in [0.25, 0.3) is 0 Å². The molecule has 3 rings (SSSR count). The molecule has 0 radical (unpaired) electrons. The second-order valence-electron chi connectivity index (χ2n) is 6.76. The summed E-state index contributed by atoms with van der Waals surface area (Å²) in [5, 5.41) is 8.89. The first-order valence-electron chi connectivity index (χ1n) is 9.24. The van der Waals surface area contributed by atoms with E-state index in [0.29, 0.717) is 6.42 Å². The van der Waals surface area contributed by atoms with E-state index in [-0.39, 0.29) is 18.3 Å². The summed E-state index contributed by atoms with van der Waals surface area (Å²) in [6.07, 6.45) is -0.919.